The van der Waals surface area contributed by atoms with Crippen molar-refractivity contribution in [1.29, 1.82) is 4.78 Å². The Kier molecular flexibility index (Phi) is 2.87. The molecule has 0 fully saturated rings. The van der Waals surface area contributed by atoms with Crippen molar-refractivity contribution in [3.8, 4) is 5.88 Å². The van der Waals surface area contributed by atoms with Crippen LogP contribution in [0, 0.1) is 4.78 Å². The normalized spacial score (nSPS) is 18.6. The molecule has 1 aromatic heterocycles. The standard InChI is InChI=1S/C8H14N4O3S/c1-14-5-6-7(16(9,10)13)8-12(11-6)3-2-4-15-8/h2-5H2,1H3,(H3,9,10,13). The van der Waals surface area contributed by atoms with Crippen LogP contribution in [0.2, 0.25) is 0 Å². The van der Waals surface area contributed by atoms with Crippen molar-refractivity contribution in [2.24, 2.45) is 5.14 Å². The number of methoxy groups -OCH3 is 1. The predicted octanol–water partition coefficient (Wildman–Crippen LogP) is 0.0914. The molecule has 1 atom stereocenters. The van der Waals surface area contributed by atoms with Crippen LogP contribution in [0.4, 0.5) is 0 Å². The maximum Gasteiger partial charge on any atom is 0.231 e. The zero-order valence-electron chi connectivity index (χ0n) is 8.93. The molecule has 0 radical (unpaired) electrons. The molecule has 2 heterocycles. The molecule has 0 spiro atoms. The highest BCUT2D eigenvalue weighted by Gasteiger charge is 2.27. The fourth-order valence-electron chi connectivity index (χ4n) is 1.69. The topological polar surface area (TPSA) is 103 Å². The quantitative estimate of drug-likeness (QED) is 0.788. The van der Waals surface area contributed by atoms with Crippen molar-refractivity contribution in [3.63, 3.8) is 0 Å². The minimum Gasteiger partial charge on any atom is -0.477 e. The van der Waals surface area contributed by atoms with Gasteiger partial charge in [0.05, 0.1) is 13.2 Å². The van der Waals surface area contributed by atoms with Crippen molar-refractivity contribution < 1.29 is 13.7 Å². The lowest BCUT2D eigenvalue weighted by Crippen LogP contribution is -2.18. The van der Waals surface area contributed by atoms with Crippen LogP contribution in [0.15, 0.2) is 4.90 Å². The molecule has 0 amide bonds. The number of ether oxygens (including phenoxy) is 2. The third kappa shape index (κ3) is 1.91. The number of hydrogen-bond donors (Lipinski definition) is 2. The second-order valence-electron chi connectivity index (χ2n) is 3.54. The molecular formula is C8H14N4O3S. The van der Waals surface area contributed by atoms with E-state index in [-0.39, 0.29) is 11.5 Å². The van der Waals surface area contributed by atoms with Gasteiger partial charge in [-0.15, -0.1) is 0 Å². The van der Waals surface area contributed by atoms with E-state index in [0.717, 1.165) is 6.42 Å². The van der Waals surface area contributed by atoms with E-state index in [1.165, 1.54) is 7.11 Å². The first-order valence-corrected chi connectivity index (χ1v) is 6.44. The van der Waals surface area contributed by atoms with Crippen molar-refractivity contribution in [2.75, 3.05) is 13.7 Å². The monoisotopic (exact) mass is 246 g/mol. The Hall–Kier alpha value is -1.12. The van der Waals surface area contributed by atoms with Gasteiger partial charge < -0.3 is 9.47 Å². The highest BCUT2D eigenvalue weighted by Crippen LogP contribution is 2.30. The Morgan fingerprint density at radius 3 is 3.12 bits per heavy atom. The largest absolute Gasteiger partial charge is 0.477 e. The first-order valence-electron chi connectivity index (χ1n) is 4.82. The predicted molar refractivity (Wildman–Crippen MR) is 56.4 cm³/mol. The Morgan fingerprint density at radius 2 is 2.50 bits per heavy atom. The smallest absolute Gasteiger partial charge is 0.231 e. The molecule has 1 aliphatic heterocycles. The fraction of sp³-hybridized carbons (Fsp3) is 0.625. The second kappa shape index (κ2) is 4.04. The number of aromatic nitrogens is 2. The molecule has 8 heteroatoms. The molecule has 3 N–H and O–H groups in total. The van der Waals surface area contributed by atoms with Crippen LogP contribution >= 0.6 is 0 Å². The number of fused-ring (bicyclic) bond motifs is 1. The highest BCUT2D eigenvalue weighted by atomic mass is 32.2. The maximum atomic E-state index is 11.7. The van der Waals surface area contributed by atoms with Gasteiger partial charge in [-0.25, -0.2) is 18.8 Å². The van der Waals surface area contributed by atoms with E-state index >= 15 is 0 Å². The Balaban J connectivity index is 2.57. The second-order valence-corrected chi connectivity index (χ2v) is 5.15. The van der Waals surface area contributed by atoms with Crippen LogP contribution in [0.3, 0.4) is 0 Å². The van der Waals surface area contributed by atoms with Gasteiger partial charge in [0.1, 0.15) is 20.5 Å². The number of nitrogens with one attached hydrogen (secondary N) is 1. The van der Waals surface area contributed by atoms with Gasteiger partial charge in [-0.2, -0.15) is 5.10 Å². The molecule has 1 aromatic rings. The van der Waals surface area contributed by atoms with E-state index in [2.05, 4.69) is 5.10 Å². The lowest BCUT2D eigenvalue weighted by atomic mass is 10.4. The number of nitrogens with two attached hydrogens (primary N) is 1. The summed E-state index contributed by atoms with van der Waals surface area (Å²) >= 11 is 0. The molecule has 16 heavy (non-hydrogen) atoms. The molecule has 90 valence electrons. The van der Waals surface area contributed by atoms with E-state index in [1.807, 2.05) is 0 Å². The van der Waals surface area contributed by atoms with E-state index in [9.17, 15) is 4.21 Å². The van der Waals surface area contributed by atoms with Gasteiger partial charge in [-0.3, -0.25) is 0 Å². The van der Waals surface area contributed by atoms with E-state index in [4.69, 9.17) is 19.4 Å². The molecule has 0 saturated heterocycles. The van der Waals surface area contributed by atoms with Crippen LogP contribution in [0.25, 0.3) is 0 Å². The van der Waals surface area contributed by atoms with Crippen molar-refractivity contribution in [2.45, 2.75) is 24.5 Å². The van der Waals surface area contributed by atoms with Gasteiger partial charge in [-0.1, -0.05) is 0 Å². The minimum absolute atomic E-state index is 0.161. The summed E-state index contributed by atoms with van der Waals surface area (Å²) in [7, 11) is -1.84. The summed E-state index contributed by atoms with van der Waals surface area (Å²) in [5.41, 5.74) is 0.418. The molecule has 0 bridgehead atoms. The van der Waals surface area contributed by atoms with Crippen LogP contribution in [-0.4, -0.2) is 27.7 Å². The first kappa shape index (κ1) is 11.4. The zero-order chi connectivity index (χ0) is 11.8. The van der Waals surface area contributed by atoms with Gasteiger partial charge in [0, 0.05) is 20.1 Å². The Labute approximate surface area is 93.6 Å². The average Bonchev–Trinajstić information content (AvgIpc) is 2.55. The number of hydrogen-bond acceptors (Lipinski definition) is 5. The third-order valence-electron chi connectivity index (χ3n) is 2.27. The fourth-order valence-corrected chi connectivity index (χ4v) is 2.56. The molecule has 1 unspecified atom stereocenters. The Morgan fingerprint density at radius 1 is 1.75 bits per heavy atom. The van der Waals surface area contributed by atoms with Crippen LogP contribution in [-0.2, 0) is 27.8 Å². The SMILES string of the molecule is COCc1nn2c(c1S(=N)(N)=O)OCCC2. The molecule has 0 aromatic carbocycles. The van der Waals surface area contributed by atoms with Gasteiger partial charge in [-0.05, 0) is 0 Å². The van der Waals surface area contributed by atoms with Crippen molar-refractivity contribution in [3.05, 3.63) is 5.69 Å². The van der Waals surface area contributed by atoms with Gasteiger partial charge in [0.15, 0.2) is 0 Å². The van der Waals surface area contributed by atoms with E-state index in [0.29, 0.717) is 24.7 Å². The Bertz CT molecular complexity index is 494. The van der Waals surface area contributed by atoms with Crippen LogP contribution < -0.4 is 9.88 Å². The van der Waals surface area contributed by atoms with Gasteiger partial charge in [0.2, 0.25) is 5.88 Å². The van der Waals surface area contributed by atoms with Crippen LogP contribution in [0.5, 0.6) is 5.88 Å². The number of nitrogens with zero attached hydrogens (tertiary/aromatic N) is 2. The van der Waals surface area contributed by atoms with Crippen LogP contribution in [0.1, 0.15) is 12.1 Å². The van der Waals surface area contributed by atoms with E-state index < -0.39 is 9.92 Å². The minimum atomic E-state index is -3.34. The molecule has 2 rings (SSSR count). The highest BCUT2D eigenvalue weighted by molar-refractivity contribution is 7.90. The lowest BCUT2D eigenvalue weighted by Gasteiger charge is -2.15. The van der Waals surface area contributed by atoms with Gasteiger partial charge in [0.25, 0.3) is 0 Å². The summed E-state index contributed by atoms with van der Waals surface area (Å²) in [5, 5.41) is 9.56. The average molecular weight is 246 g/mol. The summed E-state index contributed by atoms with van der Waals surface area (Å²) in [4.78, 5) is 0.161. The molecule has 0 saturated carbocycles. The molecule has 0 aliphatic carbocycles. The summed E-state index contributed by atoms with van der Waals surface area (Å²) in [5.74, 6) is 0.348. The zero-order valence-corrected chi connectivity index (χ0v) is 9.75. The number of rotatable bonds is 3. The van der Waals surface area contributed by atoms with Gasteiger partial charge >= 0.3 is 0 Å². The number of aryl methyl sites for hydroxylation is 1. The molecule has 7 nitrogen and oxygen atoms in total. The van der Waals surface area contributed by atoms with E-state index in [1.54, 1.807) is 4.68 Å². The summed E-state index contributed by atoms with van der Waals surface area (Å²) in [6, 6.07) is 0. The third-order valence-corrected chi connectivity index (χ3v) is 3.29. The van der Waals surface area contributed by atoms with Crippen molar-refractivity contribution >= 4 is 9.92 Å². The maximum absolute atomic E-state index is 11.7. The summed E-state index contributed by atoms with van der Waals surface area (Å²) in [6.45, 7) is 1.38. The molecule has 1 aliphatic rings. The lowest BCUT2D eigenvalue weighted by molar-refractivity contribution is 0.178. The van der Waals surface area contributed by atoms with Crippen molar-refractivity contribution in [1.82, 2.24) is 9.78 Å². The molecular weight excluding hydrogens is 232 g/mol. The first-order chi connectivity index (χ1) is 7.54. The summed E-state index contributed by atoms with van der Waals surface area (Å²) < 4.78 is 31.0. The summed E-state index contributed by atoms with van der Waals surface area (Å²) in [6.07, 6.45) is 0.838.